The largest absolute Gasteiger partial charge is 0.456 e. The Hall–Kier alpha value is -7.22. The molecule has 0 N–H and O–H groups in total. The second-order valence-electron chi connectivity index (χ2n) is 15.1. The standard InChI is InChI=1S/C55H34O/c1-3-17-39(18-4-1)55(40-19-5-2-6-20-40)49-26-14-13-21-41(49)42-29-27-37(32-50(42)55)53-44-22-9-11-24-46(44)54(47-25-12-10-23-45(47)53)38-28-30-43-48-31-35-15-7-8-16-36(35)33-52(48)56-51(43)34-38/h1-34H. The maximum absolute atomic E-state index is 6.60. The Labute approximate surface area is 324 Å². The summed E-state index contributed by atoms with van der Waals surface area (Å²) in [4.78, 5) is 0. The molecule has 0 bridgehead atoms. The van der Waals surface area contributed by atoms with Crippen LogP contribution < -0.4 is 0 Å². The lowest BCUT2D eigenvalue weighted by atomic mass is 9.67. The Balaban J connectivity index is 1.12. The zero-order valence-corrected chi connectivity index (χ0v) is 30.5. The number of rotatable bonds is 4. The molecule has 1 aromatic heterocycles. The highest BCUT2D eigenvalue weighted by molar-refractivity contribution is 6.22. The predicted octanol–water partition coefficient (Wildman–Crippen LogP) is 14.7. The van der Waals surface area contributed by atoms with Gasteiger partial charge in [-0.1, -0.05) is 176 Å². The van der Waals surface area contributed by atoms with E-state index in [4.69, 9.17) is 4.42 Å². The minimum Gasteiger partial charge on any atom is -0.456 e. The molecule has 1 heterocycles. The molecule has 0 radical (unpaired) electrons. The molecule has 0 saturated carbocycles. The molecule has 1 aliphatic rings. The van der Waals surface area contributed by atoms with E-state index < -0.39 is 5.41 Å². The van der Waals surface area contributed by atoms with Crippen molar-refractivity contribution in [3.05, 3.63) is 229 Å². The van der Waals surface area contributed by atoms with Gasteiger partial charge in [-0.05, 0) is 118 Å². The van der Waals surface area contributed by atoms with Crippen LogP contribution in [0.3, 0.4) is 0 Å². The van der Waals surface area contributed by atoms with Crippen molar-refractivity contribution >= 4 is 54.3 Å². The van der Waals surface area contributed by atoms with Gasteiger partial charge in [-0.3, -0.25) is 0 Å². The summed E-state index contributed by atoms with van der Waals surface area (Å²) in [5, 5.41) is 9.62. The summed E-state index contributed by atoms with van der Waals surface area (Å²) in [6.07, 6.45) is 0. The third-order valence-corrected chi connectivity index (χ3v) is 12.3. The molecule has 10 aromatic carbocycles. The molecule has 0 atom stereocenters. The first-order valence-electron chi connectivity index (χ1n) is 19.4. The summed E-state index contributed by atoms with van der Waals surface area (Å²) < 4.78 is 6.60. The average Bonchev–Trinajstić information content (AvgIpc) is 3.77. The van der Waals surface area contributed by atoms with Crippen LogP contribution in [0.4, 0.5) is 0 Å². The molecule has 1 aliphatic carbocycles. The average molecular weight is 711 g/mol. The van der Waals surface area contributed by atoms with Crippen LogP contribution in [0.15, 0.2) is 211 Å². The van der Waals surface area contributed by atoms with Crippen LogP contribution in [-0.2, 0) is 5.41 Å². The van der Waals surface area contributed by atoms with E-state index in [1.807, 2.05) is 0 Å². The minimum absolute atomic E-state index is 0.468. The summed E-state index contributed by atoms with van der Waals surface area (Å²) in [7, 11) is 0. The lowest BCUT2D eigenvalue weighted by Crippen LogP contribution is -2.28. The van der Waals surface area contributed by atoms with E-state index in [0.717, 1.165) is 27.5 Å². The number of hydrogen-bond donors (Lipinski definition) is 0. The molecule has 260 valence electrons. The predicted molar refractivity (Wildman–Crippen MR) is 234 cm³/mol. The first kappa shape index (κ1) is 31.2. The van der Waals surface area contributed by atoms with Gasteiger partial charge in [0.15, 0.2) is 0 Å². The van der Waals surface area contributed by atoms with Crippen molar-refractivity contribution in [3.8, 4) is 33.4 Å². The van der Waals surface area contributed by atoms with Gasteiger partial charge >= 0.3 is 0 Å². The molecule has 0 amide bonds. The summed E-state index contributed by atoms with van der Waals surface area (Å²) in [5.41, 5.74) is 14.0. The van der Waals surface area contributed by atoms with Gasteiger partial charge < -0.3 is 4.42 Å². The highest BCUT2D eigenvalue weighted by Gasteiger charge is 2.46. The molecule has 0 fully saturated rings. The zero-order valence-electron chi connectivity index (χ0n) is 30.5. The monoisotopic (exact) mass is 710 g/mol. The van der Waals surface area contributed by atoms with Crippen LogP contribution in [0.2, 0.25) is 0 Å². The van der Waals surface area contributed by atoms with Gasteiger partial charge in [-0.15, -0.1) is 0 Å². The molecule has 12 rings (SSSR count). The summed E-state index contributed by atoms with van der Waals surface area (Å²) >= 11 is 0. The van der Waals surface area contributed by atoms with Crippen molar-refractivity contribution in [2.24, 2.45) is 0 Å². The van der Waals surface area contributed by atoms with E-state index >= 15 is 0 Å². The van der Waals surface area contributed by atoms with Crippen molar-refractivity contribution in [2.45, 2.75) is 5.41 Å². The van der Waals surface area contributed by atoms with E-state index in [1.165, 1.54) is 82.4 Å². The lowest BCUT2D eigenvalue weighted by molar-refractivity contribution is 0.669. The fourth-order valence-electron chi connectivity index (χ4n) is 9.97. The molecule has 1 nitrogen and oxygen atoms in total. The first-order valence-corrected chi connectivity index (χ1v) is 19.4. The second kappa shape index (κ2) is 11.9. The third kappa shape index (κ3) is 4.31. The van der Waals surface area contributed by atoms with Crippen LogP contribution >= 0.6 is 0 Å². The van der Waals surface area contributed by atoms with Gasteiger partial charge in [-0.25, -0.2) is 0 Å². The van der Waals surface area contributed by atoms with Gasteiger partial charge in [0, 0.05) is 10.8 Å². The quantitative estimate of drug-likeness (QED) is 0.166. The molecular weight excluding hydrogens is 677 g/mol. The Morgan fingerprint density at radius 1 is 0.304 bits per heavy atom. The van der Waals surface area contributed by atoms with Crippen LogP contribution in [0, 0.1) is 0 Å². The lowest BCUT2D eigenvalue weighted by Gasteiger charge is -2.34. The molecular formula is C55H34O. The number of furan rings is 1. The summed E-state index contributed by atoms with van der Waals surface area (Å²) in [6, 6.07) is 75.9. The Bertz CT molecular complexity index is 3250. The van der Waals surface area contributed by atoms with Crippen molar-refractivity contribution in [3.63, 3.8) is 0 Å². The highest BCUT2D eigenvalue weighted by atomic mass is 16.3. The van der Waals surface area contributed by atoms with E-state index in [9.17, 15) is 0 Å². The van der Waals surface area contributed by atoms with Crippen molar-refractivity contribution < 1.29 is 4.42 Å². The smallest absolute Gasteiger partial charge is 0.136 e. The third-order valence-electron chi connectivity index (χ3n) is 12.3. The van der Waals surface area contributed by atoms with E-state index in [0.29, 0.717) is 0 Å². The number of hydrogen-bond acceptors (Lipinski definition) is 1. The van der Waals surface area contributed by atoms with Crippen molar-refractivity contribution in [2.75, 3.05) is 0 Å². The summed E-state index contributed by atoms with van der Waals surface area (Å²) in [5.74, 6) is 0. The summed E-state index contributed by atoms with van der Waals surface area (Å²) in [6.45, 7) is 0. The molecule has 1 heteroatoms. The second-order valence-corrected chi connectivity index (χ2v) is 15.1. The van der Waals surface area contributed by atoms with Crippen LogP contribution in [0.5, 0.6) is 0 Å². The molecule has 56 heavy (non-hydrogen) atoms. The molecule has 11 aromatic rings. The van der Waals surface area contributed by atoms with Crippen LogP contribution in [0.25, 0.3) is 87.6 Å². The fraction of sp³-hybridized carbons (Fsp3) is 0.0182. The van der Waals surface area contributed by atoms with Crippen molar-refractivity contribution in [1.82, 2.24) is 0 Å². The van der Waals surface area contributed by atoms with Gasteiger partial charge in [0.1, 0.15) is 11.2 Å². The Kier molecular flexibility index (Phi) is 6.62. The highest BCUT2D eigenvalue weighted by Crippen LogP contribution is 2.57. The molecule has 0 aliphatic heterocycles. The Morgan fingerprint density at radius 2 is 0.786 bits per heavy atom. The van der Waals surface area contributed by atoms with E-state index in [2.05, 4.69) is 206 Å². The minimum atomic E-state index is -0.468. The maximum atomic E-state index is 6.60. The number of fused-ring (bicyclic) bond motifs is 9. The van der Waals surface area contributed by atoms with Crippen molar-refractivity contribution in [1.29, 1.82) is 0 Å². The zero-order chi connectivity index (χ0) is 36.8. The fourth-order valence-corrected chi connectivity index (χ4v) is 9.97. The van der Waals surface area contributed by atoms with Crippen LogP contribution in [-0.4, -0.2) is 0 Å². The van der Waals surface area contributed by atoms with E-state index in [-0.39, 0.29) is 0 Å². The maximum Gasteiger partial charge on any atom is 0.136 e. The Morgan fingerprint density at radius 3 is 1.43 bits per heavy atom. The SMILES string of the molecule is c1ccc(C2(c3ccccc3)c3ccccc3-c3ccc(-c4c5ccccc5c(-c5ccc6c(c5)oc5cc7ccccc7cc56)c5ccccc45)cc32)cc1. The molecule has 0 spiro atoms. The van der Waals surface area contributed by atoms with E-state index in [1.54, 1.807) is 0 Å². The molecule has 0 unspecified atom stereocenters. The van der Waals surface area contributed by atoms with Crippen LogP contribution in [0.1, 0.15) is 22.3 Å². The topological polar surface area (TPSA) is 13.1 Å². The van der Waals surface area contributed by atoms with Gasteiger partial charge in [0.25, 0.3) is 0 Å². The van der Waals surface area contributed by atoms with Gasteiger partial charge in [0.05, 0.1) is 5.41 Å². The van der Waals surface area contributed by atoms with Gasteiger partial charge in [0.2, 0.25) is 0 Å². The molecule has 0 saturated heterocycles. The first-order chi connectivity index (χ1) is 27.8. The normalized spacial score (nSPS) is 13.1. The van der Waals surface area contributed by atoms with Gasteiger partial charge in [-0.2, -0.15) is 0 Å². The number of benzene rings is 10.